The molecule has 0 saturated heterocycles. The molecule has 1 heterocycles. The van der Waals surface area contributed by atoms with E-state index < -0.39 is 0 Å². The molecule has 0 fully saturated rings. The largest absolute Gasteiger partial charge is 0.380 e. The summed E-state index contributed by atoms with van der Waals surface area (Å²) in [6, 6.07) is 4.24. The first-order chi connectivity index (χ1) is 7.68. The summed E-state index contributed by atoms with van der Waals surface area (Å²) in [6.45, 7) is 8.06. The molecule has 1 N–H and O–H groups in total. The van der Waals surface area contributed by atoms with E-state index >= 15 is 0 Å². The normalized spacial score (nSPS) is 11.2. The number of halogens is 1. The fraction of sp³-hybridized carbons (Fsp3) is 0.667. The van der Waals surface area contributed by atoms with Gasteiger partial charge in [-0.2, -0.15) is 0 Å². The third-order valence-corrected chi connectivity index (χ3v) is 3.78. The minimum absolute atomic E-state index is 0.712. The van der Waals surface area contributed by atoms with Gasteiger partial charge in [0, 0.05) is 17.8 Å². The van der Waals surface area contributed by atoms with Crippen molar-refractivity contribution in [1.82, 2.24) is 5.32 Å². The Labute approximate surface area is 111 Å². The van der Waals surface area contributed by atoms with Crippen LogP contribution < -0.4 is 5.32 Å². The highest BCUT2D eigenvalue weighted by molar-refractivity contribution is 9.11. The third kappa shape index (κ3) is 6.63. The van der Waals surface area contributed by atoms with E-state index in [4.69, 9.17) is 4.74 Å². The Balaban J connectivity index is 1.92. The summed E-state index contributed by atoms with van der Waals surface area (Å²) < 4.78 is 6.75. The van der Waals surface area contributed by atoms with E-state index in [2.05, 4.69) is 47.2 Å². The Bertz CT molecular complexity index is 288. The molecule has 0 bridgehead atoms. The fourth-order valence-corrected chi connectivity index (χ4v) is 2.76. The maximum atomic E-state index is 5.56. The van der Waals surface area contributed by atoms with Gasteiger partial charge in [0.2, 0.25) is 0 Å². The van der Waals surface area contributed by atoms with Crippen LogP contribution >= 0.6 is 27.3 Å². The number of hydrogen-bond donors (Lipinski definition) is 1. The summed E-state index contributed by atoms with van der Waals surface area (Å²) in [5.41, 5.74) is 0. The van der Waals surface area contributed by atoms with Crippen LogP contribution in [0.5, 0.6) is 0 Å². The standard InChI is InChI=1S/C12H20BrNOS/c1-10(2)9-14-6-8-15-7-5-11-3-4-12(13)16-11/h3-4,10,14H,5-9H2,1-2H3. The summed E-state index contributed by atoms with van der Waals surface area (Å²) in [5.74, 6) is 0.712. The molecule has 0 radical (unpaired) electrons. The van der Waals surface area contributed by atoms with Gasteiger partial charge in [-0.3, -0.25) is 0 Å². The number of rotatable bonds is 8. The van der Waals surface area contributed by atoms with Crippen LogP contribution in [0.2, 0.25) is 0 Å². The van der Waals surface area contributed by atoms with Crippen molar-refractivity contribution in [3.8, 4) is 0 Å². The lowest BCUT2D eigenvalue weighted by atomic mass is 10.2. The van der Waals surface area contributed by atoms with E-state index in [1.165, 1.54) is 8.66 Å². The molecule has 1 aromatic heterocycles. The minimum Gasteiger partial charge on any atom is -0.380 e. The number of nitrogens with one attached hydrogen (secondary N) is 1. The molecular weight excluding hydrogens is 286 g/mol. The quantitative estimate of drug-likeness (QED) is 0.744. The van der Waals surface area contributed by atoms with Crippen LogP contribution in [0.4, 0.5) is 0 Å². The first-order valence-electron chi connectivity index (χ1n) is 5.71. The molecule has 0 aromatic carbocycles. The zero-order chi connectivity index (χ0) is 11.8. The van der Waals surface area contributed by atoms with Crippen molar-refractivity contribution >= 4 is 27.3 Å². The van der Waals surface area contributed by atoms with Crippen LogP contribution in [0.1, 0.15) is 18.7 Å². The van der Waals surface area contributed by atoms with Gasteiger partial charge in [-0.1, -0.05) is 13.8 Å². The van der Waals surface area contributed by atoms with E-state index in [-0.39, 0.29) is 0 Å². The van der Waals surface area contributed by atoms with Crippen molar-refractivity contribution in [3.05, 3.63) is 20.8 Å². The fourth-order valence-electron chi connectivity index (χ4n) is 1.30. The molecule has 0 spiro atoms. The van der Waals surface area contributed by atoms with Crippen molar-refractivity contribution in [2.45, 2.75) is 20.3 Å². The molecule has 0 amide bonds. The highest BCUT2D eigenvalue weighted by atomic mass is 79.9. The molecular formula is C12H20BrNOS. The summed E-state index contributed by atoms with van der Waals surface area (Å²) in [7, 11) is 0. The first-order valence-corrected chi connectivity index (χ1v) is 7.32. The van der Waals surface area contributed by atoms with Crippen molar-refractivity contribution in [1.29, 1.82) is 0 Å². The van der Waals surface area contributed by atoms with Gasteiger partial charge in [0.15, 0.2) is 0 Å². The highest BCUT2D eigenvalue weighted by Crippen LogP contribution is 2.22. The number of hydrogen-bond acceptors (Lipinski definition) is 3. The van der Waals surface area contributed by atoms with Crippen LogP contribution in [0.3, 0.4) is 0 Å². The van der Waals surface area contributed by atoms with E-state index in [1.807, 2.05) is 0 Å². The number of ether oxygens (including phenoxy) is 1. The lowest BCUT2D eigenvalue weighted by Crippen LogP contribution is -2.24. The van der Waals surface area contributed by atoms with Crippen LogP contribution in [0.25, 0.3) is 0 Å². The second kappa shape index (κ2) is 8.23. The molecule has 0 saturated carbocycles. The zero-order valence-electron chi connectivity index (χ0n) is 9.96. The summed E-state index contributed by atoms with van der Waals surface area (Å²) in [5, 5.41) is 3.36. The van der Waals surface area contributed by atoms with Crippen LogP contribution in [-0.4, -0.2) is 26.3 Å². The average Bonchev–Trinajstić information content (AvgIpc) is 2.62. The highest BCUT2D eigenvalue weighted by Gasteiger charge is 1.97. The predicted octanol–water partition coefficient (Wildman–Crippen LogP) is 3.32. The van der Waals surface area contributed by atoms with Gasteiger partial charge in [-0.25, -0.2) is 0 Å². The molecule has 92 valence electrons. The van der Waals surface area contributed by atoms with Gasteiger partial charge < -0.3 is 10.1 Å². The van der Waals surface area contributed by atoms with Crippen molar-refractivity contribution in [3.63, 3.8) is 0 Å². The average molecular weight is 306 g/mol. The van der Waals surface area contributed by atoms with Crippen LogP contribution in [-0.2, 0) is 11.2 Å². The van der Waals surface area contributed by atoms with Crippen LogP contribution in [0.15, 0.2) is 15.9 Å². The Kier molecular flexibility index (Phi) is 7.28. The van der Waals surface area contributed by atoms with Crippen molar-refractivity contribution in [2.24, 2.45) is 5.92 Å². The molecule has 1 rings (SSSR count). The molecule has 4 heteroatoms. The summed E-state index contributed by atoms with van der Waals surface area (Å²) >= 11 is 5.24. The van der Waals surface area contributed by atoms with Crippen molar-refractivity contribution in [2.75, 3.05) is 26.3 Å². The van der Waals surface area contributed by atoms with Crippen LogP contribution in [0, 0.1) is 5.92 Å². The monoisotopic (exact) mass is 305 g/mol. The molecule has 1 aromatic rings. The van der Waals surface area contributed by atoms with Crippen molar-refractivity contribution < 1.29 is 4.74 Å². The molecule has 0 atom stereocenters. The Morgan fingerprint density at radius 2 is 2.19 bits per heavy atom. The van der Waals surface area contributed by atoms with Gasteiger partial charge in [-0.05, 0) is 40.5 Å². The first kappa shape index (κ1) is 14.2. The van der Waals surface area contributed by atoms with Gasteiger partial charge in [0.1, 0.15) is 0 Å². The molecule has 0 unspecified atom stereocenters. The second-order valence-electron chi connectivity index (χ2n) is 4.17. The summed E-state index contributed by atoms with van der Waals surface area (Å²) in [4.78, 5) is 1.38. The van der Waals surface area contributed by atoms with Gasteiger partial charge in [0.05, 0.1) is 17.0 Å². The molecule has 0 aliphatic heterocycles. The van der Waals surface area contributed by atoms with E-state index in [1.54, 1.807) is 11.3 Å². The molecule has 0 aliphatic rings. The maximum Gasteiger partial charge on any atom is 0.0701 e. The predicted molar refractivity (Wildman–Crippen MR) is 74.2 cm³/mol. The second-order valence-corrected chi connectivity index (χ2v) is 6.71. The molecule has 2 nitrogen and oxygen atoms in total. The maximum absolute atomic E-state index is 5.56. The Hall–Kier alpha value is 0.1000. The Morgan fingerprint density at radius 3 is 2.81 bits per heavy atom. The third-order valence-electron chi connectivity index (χ3n) is 2.10. The minimum atomic E-state index is 0.712. The zero-order valence-corrected chi connectivity index (χ0v) is 12.4. The summed E-state index contributed by atoms with van der Waals surface area (Å²) in [6.07, 6.45) is 1.01. The lowest BCUT2D eigenvalue weighted by molar-refractivity contribution is 0.139. The number of thiophene rings is 1. The van der Waals surface area contributed by atoms with Gasteiger partial charge in [-0.15, -0.1) is 11.3 Å². The van der Waals surface area contributed by atoms with E-state index in [0.29, 0.717) is 5.92 Å². The molecule has 16 heavy (non-hydrogen) atoms. The smallest absolute Gasteiger partial charge is 0.0701 e. The van der Waals surface area contributed by atoms with Gasteiger partial charge >= 0.3 is 0 Å². The van der Waals surface area contributed by atoms with E-state index in [9.17, 15) is 0 Å². The Morgan fingerprint density at radius 1 is 1.38 bits per heavy atom. The van der Waals surface area contributed by atoms with Gasteiger partial charge in [0.25, 0.3) is 0 Å². The SMILES string of the molecule is CC(C)CNCCOCCc1ccc(Br)s1. The molecule has 0 aliphatic carbocycles. The van der Waals surface area contributed by atoms with E-state index in [0.717, 1.165) is 32.7 Å². The lowest BCUT2D eigenvalue weighted by Gasteiger charge is -2.07. The topological polar surface area (TPSA) is 21.3 Å².